The fourth-order valence-corrected chi connectivity index (χ4v) is 2.78. The number of carbonyl (C=O) groups excluding carboxylic acids is 1. The molecule has 1 saturated heterocycles. The molecule has 6 nitrogen and oxygen atoms in total. The fraction of sp³-hybridized carbons (Fsp3) is 0.867. The molecule has 122 valence electrons. The zero-order valence-electron chi connectivity index (χ0n) is 13.2. The summed E-state index contributed by atoms with van der Waals surface area (Å²) in [7, 11) is 2.09. The van der Waals surface area contributed by atoms with Gasteiger partial charge in [-0.3, -0.25) is 4.79 Å². The number of carbonyl (C=O) groups is 2. The fourth-order valence-electron chi connectivity index (χ4n) is 2.78. The van der Waals surface area contributed by atoms with E-state index < -0.39 is 5.97 Å². The smallest absolute Gasteiger partial charge is 0.314 e. The summed E-state index contributed by atoms with van der Waals surface area (Å²) in [6.45, 7) is 4.46. The first-order chi connectivity index (χ1) is 10.0. The van der Waals surface area contributed by atoms with Crippen molar-refractivity contribution in [1.29, 1.82) is 0 Å². The van der Waals surface area contributed by atoms with Crippen LogP contribution in [-0.2, 0) is 4.79 Å². The summed E-state index contributed by atoms with van der Waals surface area (Å²) >= 11 is 0. The Bertz CT molecular complexity index is 336. The first-order valence-corrected chi connectivity index (χ1v) is 7.96. The SMILES string of the molecule is CCC(CCNC(=O)NCC1CCCN1C)CCC(=O)O. The van der Waals surface area contributed by atoms with E-state index in [4.69, 9.17) is 5.11 Å². The molecule has 21 heavy (non-hydrogen) atoms. The minimum Gasteiger partial charge on any atom is -0.481 e. The van der Waals surface area contributed by atoms with Crippen LogP contribution in [0.4, 0.5) is 4.79 Å². The van der Waals surface area contributed by atoms with Crippen molar-refractivity contribution in [1.82, 2.24) is 15.5 Å². The van der Waals surface area contributed by atoms with Crippen molar-refractivity contribution in [2.75, 3.05) is 26.7 Å². The van der Waals surface area contributed by atoms with Crippen LogP contribution in [0.2, 0.25) is 0 Å². The zero-order valence-corrected chi connectivity index (χ0v) is 13.2. The average molecular weight is 299 g/mol. The molecule has 6 heteroatoms. The highest BCUT2D eigenvalue weighted by molar-refractivity contribution is 5.73. The van der Waals surface area contributed by atoms with Gasteiger partial charge in [-0.25, -0.2) is 4.79 Å². The first kappa shape index (κ1) is 17.8. The number of hydrogen-bond acceptors (Lipinski definition) is 3. The van der Waals surface area contributed by atoms with Crippen LogP contribution in [0.5, 0.6) is 0 Å². The van der Waals surface area contributed by atoms with Crippen LogP contribution in [0, 0.1) is 5.92 Å². The summed E-state index contributed by atoms with van der Waals surface area (Å²) < 4.78 is 0. The highest BCUT2D eigenvalue weighted by Gasteiger charge is 2.20. The van der Waals surface area contributed by atoms with E-state index in [2.05, 4.69) is 29.5 Å². The molecule has 0 aliphatic carbocycles. The van der Waals surface area contributed by atoms with Gasteiger partial charge in [0.1, 0.15) is 0 Å². The molecule has 0 spiro atoms. The van der Waals surface area contributed by atoms with Gasteiger partial charge >= 0.3 is 12.0 Å². The van der Waals surface area contributed by atoms with Gasteiger partial charge in [0.05, 0.1) is 0 Å². The molecular formula is C15H29N3O3. The van der Waals surface area contributed by atoms with Gasteiger partial charge in [0, 0.05) is 25.6 Å². The number of nitrogens with one attached hydrogen (secondary N) is 2. The lowest BCUT2D eigenvalue weighted by Crippen LogP contribution is -2.43. The Morgan fingerprint density at radius 2 is 2.10 bits per heavy atom. The Morgan fingerprint density at radius 3 is 2.67 bits per heavy atom. The van der Waals surface area contributed by atoms with Gasteiger partial charge in [-0.15, -0.1) is 0 Å². The van der Waals surface area contributed by atoms with E-state index in [0.29, 0.717) is 31.5 Å². The molecule has 0 saturated carbocycles. The predicted molar refractivity (Wildman–Crippen MR) is 82.3 cm³/mol. The third kappa shape index (κ3) is 7.32. The lowest BCUT2D eigenvalue weighted by molar-refractivity contribution is -0.137. The molecular weight excluding hydrogens is 270 g/mol. The molecule has 0 aromatic heterocycles. The molecule has 0 aromatic carbocycles. The number of aliphatic carboxylic acids is 1. The lowest BCUT2D eigenvalue weighted by Gasteiger charge is -2.20. The number of nitrogens with zero attached hydrogens (tertiary/aromatic N) is 1. The second-order valence-electron chi connectivity index (χ2n) is 5.91. The number of likely N-dealkylation sites (tertiary alicyclic amines) is 1. The van der Waals surface area contributed by atoms with Gasteiger partial charge in [0.25, 0.3) is 0 Å². The molecule has 2 unspecified atom stereocenters. The lowest BCUT2D eigenvalue weighted by atomic mass is 9.97. The van der Waals surface area contributed by atoms with Crippen LogP contribution in [0.3, 0.4) is 0 Å². The van der Waals surface area contributed by atoms with Crippen LogP contribution >= 0.6 is 0 Å². The normalized spacial score (nSPS) is 20.2. The molecule has 0 radical (unpaired) electrons. The summed E-state index contributed by atoms with van der Waals surface area (Å²) in [5, 5.41) is 14.5. The Hall–Kier alpha value is -1.30. The second-order valence-corrected chi connectivity index (χ2v) is 5.91. The molecule has 3 N–H and O–H groups in total. The maximum absolute atomic E-state index is 11.7. The molecule has 1 aliphatic heterocycles. The summed E-state index contributed by atoms with van der Waals surface area (Å²) in [6.07, 6.45) is 5.01. The van der Waals surface area contributed by atoms with E-state index in [9.17, 15) is 9.59 Å². The topological polar surface area (TPSA) is 81.7 Å². The number of likely N-dealkylation sites (N-methyl/N-ethyl adjacent to an activating group) is 1. The summed E-state index contributed by atoms with van der Waals surface area (Å²) in [5.74, 6) is -0.387. The summed E-state index contributed by atoms with van der Waals surface area (Å²) in [4.78, 5) is 24.5. The van der Waals surface area contributed by atoms with Crippen molar-refractivity contribution in [3.8, 4) is 0 Å². The van der Waals surface area contributed by atoms with Gasteiger partial charge in [0.2, 0.25) is 0 Å². The van der Waals surface area contributed by atoms with E-state index in [0.717, 1.165) is 25.8 Å². The number of amides is 2. The van der Waals surface area contributed by atoms with Crippen molar-refractivity contribution in [2.24, 2.45) is 5.92 Å². The molecule has 1 fully saturated rings. The third-order valence-electron chi connectivity index (χ3n) is 4.35. The molecule has 2 atom stereocenters. The molecule has 1 heterocycles. The molecule has 0 bridgehead atoms. The predicted octanol–water partition coefficient (Wildman–Crippen LogP) is 1.66. The second kappa shape index (κ2) is 9.60. The number of carboxylic acids is 1. The molecule has 0 aromatic rings. The molecule has 1 aliphatic rings. The first-order valence-electron chi connectivity index (χ1n) is 7.96. The minimum atomic E-state index is -0.750. The molecule has 2 amide bonds. The van der Waals surface area contributed by atoms with Gasteiger partial charge < -0.3 is 20.6 Å². The Morgan fingerprint density at radius 1 is 1.33 bits per heavy atom. The Kier molecular flexibility index (Phi) is 8.12. The van der Waals surface area contributed by atoms with Crippen molar-refractivity contribution in [3.05, 3.63) is 0 Å². The van der Waals surface area contributed by atoms with Gasteiger partial charge in [-0.1, -0.05) is 13.3 Å². The molecule has 1 rings (SSSR count). The van der Waals surface area contributed by atoms with E-state index in [1.54, 1.807) is 0 Å². The van der Waals surface area contributed by atoms with E-state index in [1.165, 1.54) is 6.42 Å². The van der Waals surface area contributed by atoms with Crippen molar-refractivity contribution in [2.45, 2.75) is 51.5 Å². The van der Waals surface area contributed by atoms with Crippen molar-refractivity contribution < 1.29 is 14.7 Å². The van der Waals surface area contributed by atoms with E-state index in [1.807, 2.05) is 0 Å². The van der Waals surface area contributed by atoms with Crippen LogP contribution in [0.1, 0.15) is 45.4 Å². The van der Waals surface area contributed by atoms with Crippen molar-refractivity contribution >= 4 is 12.0 Å². The van der Waals surface area contributed by atoms with Crippen LogP contribution < -0.4 is 10.6 Å². The summed E-state index contributed by atoms with van der Waals surface area (Å²) in [6, 6.07) is 0.332. The number of carboxylic acid groups (broad SMARTS) is 1. The number of urea groups is 1. The van der Waals surface area contributed by atoms with Crippen LogP contribution in [0.25, 0.3) is 0 Å². The highest BCUT2D eigenvalue weighted by atomic mass is 16.4. The van der Waals surface area contributed by atoms with Crippen LogP contribution in [0.15, 0.2) is 0 Å². The standard InChI is InChI=1S/C15H29N3O3/c1-3-12(6-7-14(19)20)8-9-16-15(21)17-11-13-5-4-10-18(13)2/h12-13H,3-11H2,1-2H3,(H,19,20)(H2,16,17,21). The number of hydrogen-bond donors (Lipinski definition) is 3. The average Bonchev–Trinajstić information content (AvgIpc) is 2.85. The van der Waals surface area contributed by atoms with Gasteiger partial charge in [-0.05, 0) is 45.2 Å². The van der Waals surface area contributed by atoms with Gasteiger partial charge in [0.15, 0.2) is 0 Å². The van der Waals surface area contributed by atoms with E-state index >= 15 is 0 Å². The van der Waals surface area contributed by atoms with Gasteiger partial charge in [-0.2, -0.15) is 0 Å². The van der Waals surface area contributed by atoms with Crippen LogP contribution in [-0.4, -0.2) is 54.7 Å². The third-order valence-corrected chi connectivity index (χ3v) is 4.35. The Labute approximate surface area is 127 Å². The maximum Gasteiger partial charge on any atom is 0.314 e. The minimum absolute atomic E-state index is 0.122. The monoisotopic (exact) mass is 299 g/mol. The van der Waals surface area contributed by atoms with Crippen molar-refractivity contribution in [3.63, 3.8) is 0 Å². The van der Waals surface area contributed by atoms with E-state index in [-0.39, 0.29) is 12.5 Å². The maximum atomic E-state index is 11.7. The summed E-state index contributed by atoms with van der Waals surface area (Å²) in [5.41, 5.74) is 0. The quantitative estimate of drug-likeness (QED) is 0.605. The Balaban J connectivity index is 2.10. The zero-order chi connectivity index (χ0) is 15.7. The number of rotatable bonds is 9. The largest absolute Gasteiger partial charge is 0.481 e. The highest BCUT2D eigenvalue weighted by Crippen LogP contribution is 2.15.